The summed E-state index contributed by atoms with van der Waals surface area (Å²) in [6, 6.07) is 14.9. The van der Waals surface area contributed by atoms with E-state index in [1.54, 1.807) is 12.1 Å². The standard InChI is InChI=1S/C17H14ClFOS/c18-10-8-15(12-4-2-1-3-5-12)20-16-7-6-14(19)13-9-11-21-17(13)16/h1-7,9,11,15H,8,10H2. The largest absolute Gasteiger partial charge is 0.484 e. The maximum Gasteiger partial charge on any atom is 0.138 e. The molecule has 0 N–H and O–H groups in total. The van der Waals surface area contributed by atoms with Gasteiger partial charge in [0.1, 0.15) is 17.7 Å². The summed E-state index contributed by atoms with van der Waals surface area (Å²) in [5.41, 5.74) is 1.08. The van der Waals surface area contributed by atoms with E-state index in [1.807, 2.05) is 35.7 Å². The van der Waals surface area contributed by atoms with Gasteiger partial charge in [-0.1, -0.05) is 30.3 Å². The SMILES string of the molecule is Fc1ccc(OC(CCCl)c2ccccc2)c2sccc12. The Balaban J connectivity index is 1.95. The normalized spacial score (nSPS) is 12.5. The maximum absolute atomic E-state index is 13.7. The summed E-state index contributed by atoms with van der Waals surface area (Å²) in [6.07, 6.45) is 0.579. The summed E-state index contributed by atoms with van der Waals surface area (Å²) in [7, 11) is 0. The Morgan fingerprint density at radius 1 is 1.10 bits per heavy atom. The van der Waals surface area contributed by atoms with E-state index >= 15 is 0 Å². The number of ether oxygens (including phenoxy) is 1. The van der Waals surface area contributed by atoms with Crippen LogP contribution in [0.2, 0.25) is 0 Å². The number of hydrogen-bond acceptors (Lipinski definition) is 2. The van der Waals surface area contributed by atoms with Crippen molar-refractivity contribution < 1.29 is 9.13 Å². The van der Waals surface area contributed by atoms with Gasteiger partial charge in [0.15, 0.2) is 0 Å². The Bertz CT molecular complexity index is 726. The Morgan fingerprint density at radius 3 is 2.67 bits per heavy atom. The molecule has 0 aliphatic carbocycles. The van der Waals surface area contributed by atoms with Crippen LogP contribution in [0.4, 0.5) is 4.39 Å². The minimum Gasteiger partial charge on any atom is -0.484 e. The fourth-order valence-electron chi connectivity index (χ4n) is 2.31. The molecule has 0 fully saturated rings. The monoisotopic (exact) mass is 320 g/mol. The van der Waals surface area contributed by atoms with Gasteiger partial charge in [-0.2, -0.15) is 0 Å². The molecular formula is C17H14ClFOS. The molecule has 3 rings (SSSR count). The van der Waals surface area contributed by atoms with E-state index in [2.05, 4.69) is 0 Å². The molecule has 1 unspecified atom stereocenters. The number of hydrogen-bond donors (Lipinski definition) is 0. The van der Waals surface area contributed by atoms with Crippen molar-refractivity contribution in [3.8, 4) is 5.75 Å². The number of rotatable bonds is 5. The maximum atomic E-state index is 13.7. The van der Waals surface area contributed by atoms with Gasteiger partial charge >= 0.3 is 0 Å². The highest BCUT2D eigenvalue weighted by Gasteiger charge is 2.16. The molecule has 0 saturated heterocycles. The van der Waals surface area contributed by atoms with Gasteiger partial charge in [-0.05, 0) is 29.1 Å². The Labute approximate surface area is 131 Å². The molecule has 1 aromatic heterocycles. The van der Waals surface area contributed by atoms with E-state index in [1.165, 1.54) is 17.4 Å². The molecule has 1 nitrogen and oxygen atoms in total. The molecule has 1 atom stereocenters. The Hall–Kier alpha value is -1.58. The van der Waals surface area contributed by atoms with Gasteiger partial charge in [0, 0.05) is 17.7 Å². The highest BCUT2D eigenvalue weighted by atomic mass is 35.5. The van der Waals surface area contributed by atoms with Crippen LogP contribution in [0, 0.1) is 5.82 Å². The lowest BCUT2D eigenvalue weighted by molar-refractivity contribution is 0.205. The van der Waals surface area contributed by atoms with Crippen molar-refractivity contribution in [3.63, 3.8) is 0 Å². The predicted octanol–water partition coefficient (Wildman–Crippen LogP) is 5.79. The van der Waals surface area contributed by atoms with Gasteiger partial charge in [0.2, 0.25) is 0 Å². The van der Waals surface area contributed by atoms with Crippen LogP contribution in [-0.2, 0) is 0 Å². The highest BCUT2D eigenvalue weighted by molar-refractivity contribution is 7.17. The molecule has 0 saturated carbocycles. The Morgan fingerprint density at radius 2 is 1.90 bits per heavy atom. The van der Waals surface area contributed by atoms with Crippen LogP contribution >= 0.6 is 22.9 Å². The van der Waals surface area contributed by atoms with Crippen molar-refractivity contribution in [2.75, 3.05) is 5.88 Å². The second-order valence-corrected chi connectivity index (χ2v) is 6.00. The van der Waals surface area contributed by atoms with Crippen LogP contribution < -0.4 is 4.74 Å². The molecule has 0 bridgehead atoms. The summed E-state index contributed by atoms with van der Waals surface area (Å²) < 4.78 is 20.7. The van der Waals surface area contributed by atoms with Crippen LogP contribution in [0.25, 0.3) is 10.1 Å². The lowest BCUT2D eigenvalue weighted by Crippen LogP contribution is -2.08. The number of halogens is 2. The number of thiophene rings is 1. The first-order valence-electron chi connectivity index (χ1n) is 6.73. The molecule has 108 valence electrons. The first-order valence-corrected chi connectivity index (χ1v) is 8.14. The number of benzene rings is 2. The van der Waals surface area contributed by atoms with Gasteiger partial charge < -0.3 is 4.74 Å². The third kappa shape index (κ3) is 3.04. The van der Waals surface area contributed by atoms with Crippen molar-refractivity contribution in [1.29, 1.82) is 0 Å². The lowest BCUT2D eigenvalue weighted by atomic mass is 10.1. The van der Waals surface area contributed by atoms with Crippen LogP contribution in [0.15, 0.2) is 53.9 Å². The molecule has 0 aliphatic rings. The average molecular weight is 321 g/mol. The van der Waals surface area contributed by atoms with Crippen molar-refractivity contribution in [2.24, 2.45) is 0 Å². The summed E-state index contributed by atoms with van der Waals surface area (Å²) in [6.45, 7) is 0. The fraction of sp³-hybridized carbons (Fsp3) is 0.176. The second-order valence-electron chi connectivity index (χ2n) is 4.70. The first-order chi connectivity index (χ1) is 10.3. The highest BCUT2D eigenvalue weighted by Crippen LogP contribution is 2.35. The first kappa shape index (κ1) is 14.4. The molecule has 2 aromatic carbocycles. The zero-order chi connectivity index (χ0) is 14.7. The summed E-state index contributed by atoms with van der Waals surface area (Å²) >= 11 is 7.38. The third-order valence-corrected chi connectivity index (χ3v) is 4.49. The van der Waals surface area contributed by atoms with Crippen molar-refractivity contribution in [3.05, 3.63) is 65.3 Å². The average Bonchev–Trinajstić information content (AvgIpc) is 3.01. The lowest BCUT2D eigenvalue weighted by Gasteiger charge is -2.19. The van der Waals surface area contributed by atoms with Crippen LogP contribution in [0.5, 0.6) is 5.75 Å². The summed E-state index contributed by atoms with van der Waals surface area (Å²) in [5, 5.41) is 2.48. The van der Waals surface area contributed by atoms with Crippen LogP contribution in [-0.4, -0.2) is 5.88 Å². The fourth-order valence-corrected chi connectivity index (χ4v) is 3.37. The third-order valence-electron chi connectivity index (χ3n) is 3.34. The molecule has 1 heterocycles. The summed E-state index contributed by atoms with van der Waals surface area (Å²) in [4.78, 5) is 0. The molecule has 21 heavy (non-hydrogen) atoms. The molecule has 0 aliphatic heterocycles. The Kier molecular flexibility index (Phi) is 4.42. The van der Waals surface area contributed by atoms with Crippen LogP contribution in [0.1, 0.15) is 18.1 Å². The minimum absolute atomic E-state index is 0.125. The molecule has 3 aromatic rings. The second kappa shape index (κ2) is 6.46. The van der Waals surface area contributed by atoms with Crippen LogP contribution in [0.3, 0.4) is 0 Å². The van der Waals surface area contributed by atoms with E-state index in [-0.39, 0.29) is 11.9 Å². The van der Waals surface area contributed by atoms with Crippen molar-refractivity contribution in [1.82, 2.24) is 0 Å². The van der Waals surface area contributed by atoms with Gasteiger partial charge in [-0.15, -0.1) is 22.9 Å². The van der Waals surface area contributed by atoms with Crippen molar-refractivity contribution in [2.45, 2.75) is 12.5 Å². The topological polar surface area (TPSA) is 9.23 Å². The molecule has 0 radical (unpaired) electrons. The van der Waals surface area contributed by atoms with E-state index < -0.39 is 0 Å². The van der Waals surface area contributed by atoms with E-state index in [9.17, 15) is 4.39 Å². The zero-order valence-electron chi connectivity index (χ0n) is 11.3. The summed E-state index contributed by atoms with van der Waals surface area (Å²) in [5.74, 6) is 1.00. The van der Waals surface area contributed by atoms with E-state index in [0.717, 1.165) is 10.3 Å². The van der Waals surface area contributed by atoms with E-state index in [0.29, 0.717) is 23.4 Å². The van der Waals surface area contributed by atoms with Gasteiger partial charge in [0.25, 0.3) is 0 Å². The molecule has 0 amide bonds. The van der Waals surface area contributed by atoms with Gasteiger partial charge in [0.05, 0.1) is 4.70 Å². The quantitative estimate of drug-likeness (QED) is 0.541. The predicted molar refractivity (Wildman–Crippen MR) is 86.9 cm³/mol. The van der Waals surface area contributed by atoms with Crippen molar-refractivity contribution >= 4 is 33.0 Å². The number of fused-ring (bicyclic) bond motifs is 1. The zero-order valence-corrected chi connectivity index (χ0v) is 12.8. The van der Waals surface area contributed by atoms with Gasteiger partial charge in [-0.3, -0.25) is 0 Å². The molecule has 4 heteroatoms. The van der Waals surface area contributed by atoms with Gasteiger partial charge in [-0.25, -0.2) is 4.39 Å². The number of alkyl halides is 1. The molecular weight excluding hydrogens is 307 g/mol. The van der Waals surface area contributed by atoms with E-state index in [4.69, 9.17) is 16.3 Å². The minimum atomic E-state index is -0.216. The smallest absolute Gasteiger partial charge is 0.138 e. The molecule has 0 spiro atoms.